The average molecular weight is 376 g/mol. The maximum Gasteiger partial charge on any atom is 0.336 e. The fourth-order valence-corrected chi connectivity index (χ4v) is 4.75. The van der Waals surface area contributed by atoms with E-state index in [1.54, 1.807) is 13.0 Å². The third kappa shape index (κ3) is 3.02. The first-order chi connectivity index (χ1) is 9.31. The van der Waals surface area contributed by atoms with E-state index in [1.807, 2.05) is 0 Å². The molecule has 1 aromatic carbocycles. The van der Waals surface area contributed by atoms with Crippen LogP contribution in [0.2, 0.25) is 0 Å². The van der Waals surface area contributed by atoms with Crippen molar-refractivity contribution in [3.8, 4) is 0 Å². The Labute approximate surface area is 128 Å². The van der Waals surface area contributed by atoms with Gasteiger partial charge >= 0.3 is 5.97 Å². The van der Waals surface area contributed by atoms with Crippen LogP contribution in [0.25, 0.3) is 0 Å². The molecule has 2 N–H and O–H groups in total. The van der Waals surface area contributed by atoms with E-state index in [4.69, 9.17) is 5.11 Å². The van der Waals surface area contributed by atoms with E-state index in [9.17, 15) is 13.2 Å². The number of nitrogens with one attached hydrogen (secondary N) is 1. The molecule has 5 nitrogen and oxygen atoms in total. The largest absolute Gasteiger partial charge is 0.478 e. The molecule has 0 saturated carbocycles. The Morgan fingerprint density at radius 2 is 2.00 bits per heavy atom. The van der Waals surface area contributed by atoms with Gasteiger partial charge in [-0.05, 0) is 52.7 Å². The summed E-state index contributed by atoms with van der Waals surface area (Å²) in [6, 6.07) is 7.57. The number of sulfonamides is 1. The summed E-state index contributed by atoms with van der Waals surface area (Å²) in [6.45, 7) is 1.56. The Kier molecular flexibility index (Phi) is 4.17. The molecule has 0 aliphatic carbocycles. The van der Waals surface area contributed by atoms with Crippen LogP contribution in [0.4, 0.5) is 5.69 Å². The summed E-state index contributed by atoms with van der Waals surface area (Å²) >= 11 is 4.28. The zero-order valence-corrected chi connectivity index (χ0v) is 13.5. The lowest BCUT2D eigenvalue weighted by Gasteiger charge is -2.11. The second-order valence-corrected chi connectivity index (χ2v) is 8.32. The van der Waals surface area contributed by atoms with Gasteiger partial charge < -0.3 is 5.11 Å². The second-order valence-electron chi connectivity index (χ2n) is 3.95. The third-order valence-corrected chi connectivity index (χ3v) is 6.10. The van der Waals surface area contributed by atoms with Crippen LogP contribution < -0.4 is 4.72 Å². The van der Waals surface area contributed by atoms with Crippen LogP contribution in [0.15, 0.2) is 38.3 Å². The van der Waals surface area contributed by atoms with Crippen LogP contribution in [0, 0.1) is 6.92 Å². The highest BCUT2D eigenvalue weighted by Crippen LogP contribution is 2.29. The zero-order valence-electron chi connectivity index (χ0n) is 10.3. The van der Waals surface area contributed by atoms with Crippen LogP contribution in [-0.4, -0.2) is 19.5 Å². The van der Waals surface area contributed by atoms with Crippen molar-refractivity contribution < 1.29 is 18.3 Å². The van der Waals surface area contributed by atoms with Crippen LogP contribution in [-0.2, 0) is 10.0 Å². The summed E-state index contributed by atoms with van der Waals surface area (Å²) in [6.07, 6.45) is 0. The predicted molar refractivity (Wildman–Crippen MR) is 81.0 cm³/mol. The molecule has 0 radical (unpaired) electrons. The molecule has 0 amide bonds. The highest BCUT2D eigenvalue weighted by molar-refractivity contribution is 9.11. The lowest BCUT2D eigenvalue weighted by Crippen LogP contribution is -2.13. The normalized spacial score (nSPS) is 11.3. The molecule has 1 heterocycles. The third-order valence-electron chi connectivity index (χ3n) is 2.62. The van der Waals surface area contributed by atoms with E-state index >= 15 is 0 Å². The van der Waals surface area contributed by atoms with Crippen molar-refractivity contribution in [3.05, 3.63) is 45.2 Å². The zero-order chi connectivity index (χ0) is 14.9. The molecule has 0 unspecified atom stereocenters. The molecule has 0 aliphatic heterocycles. The summed E-state index contributed by atoms with van der Waals surface area (Å²) in [5.74, 6) is -1.09. The molecule has 0 fully saturated rings. The maximum absolute atomic E-state index is 12.2. The van der Waals surface area contributed by atoms with Crippen LogP contribution in [0.5, 0.6) is 0 Å². The standard InChI is InChI=1S/C12H10BrNO4S2/c1-7-8(12(15)16)3-2-4-9(7)14-20(17,18)11-6-5-10(13)19-11/h2-6,14H,1H3,(H,15,16). The smallest absolute Gasteiger partial charge is 0.336 e. The number of rotatable bonds is 4. The number of carbonyl (C=O) groups is 1. The fourth-order valence-electron chi connectivity index (χ4n) is 1.62. The highest BCUT2D eigenvalue weighted by atomic mass is 79.9. The number of aromatic carboxylic acids is 1. The van der Waals surface area contributed by atoms with E-state index in [1.165, 1.54) is 24.3 Å². The summed E-state index contributed by atoms with van der Waals surface area (Å²) < 4.78 is 27.6. The van der Waals surface area contributed by atoms with Crippen molar-refractivity contribution in [1.29, 1.82) is 0 Å². The van der Waals surface area contributed by atoms with Gasteiger partial charge in [-0.3, -0.25) is 4.72 Å². The van der Waals surface area contributed by atoms with Crippen molar-refractivity contribution in [2.45, 2.75) is 11.1 Å². The van der Waals surface area contributed by atoms with E-state index in [0.717, 1.165) is 11.3 Å². The minimum Gasteiger partial charge on any atom is -0.478 e. The first-order valence-corrected chi connectivity index (χ1v) is 8.51. The molecule has 0 saturated heterocycles. The van der Waals surface area contributed by atoms with Gasteiger partial charge in [0.2, 0.25) is 0 Å². The van der Waals surface area contributed by atoms with Gasteiger partial charge in [-0.1, -0.05) is 6.07 Å². The molecule has 106 valence electrons. The van der Waals surface area contributed by atoms with Gasteiger partial charge in [0, 0.05) is 0 Å². The van der Waals surface area contributed by atoms with Crippen molar-refractivity contribution in [3.63, 3.8) is 0 Å². The Balaban J connectivity index is 2.40. The lowest BCUT2D eigenvalue weighted by molar-refractivity contribution is 0.0696. The molecule has 0 aliphatic rings. The Morgan fingerprint density at radius 3 is 2.55 bits per heavy atom. The number of carboxylic acids is 1. The van der Waals surface area contributed by atoms with Crippen molar-refractivity contribution >= 4 is 48.9 Å². The SMILES string of the molecule is Cc1c(NS(=O)(=O)c2ccc(Br)s2)cccc1C(=O)O. The van der Waals surface area contributed by atoms with Gasteiger partial charge in [-0.25, -0.2) is 13.2 Å². The van der Waals surface area contributed by atoms with Crippen molar-refractivity contribution in [2.24, 2.45) is 0 Å². The Hall–Kier alpha value is -1.38. The van der Waals surface area contributed by atoms with Crippen LogP contribution in [0.3, 0.4) is 0 Å². The van der Waals surface area contributed by atoms with E-state index in [2.05, 4.69) is 20.7 Å². The summed E-state index contributed by atoms with van der Waals surface area (Å²) in [7, 11) is -3.71. The van der Waals surface area contributed by atoms with Gasteiger partial charge in [0.05, 0.1) is 15.0 Å². The predicted octanol–water partition coefficient (Wildman–Crippen LogP) is 3.32. The Morgan fingerprint density at radius 1 is 1.30 bits per heavy atom. The number of thiophene rings is 1. The second kappa shape index (κ2) is 5.55. The summed E-state index contributed by atoms with van der Waals surface area (Å²) in [5.41, 5.74) is 0.700. The fraction of sp³-hybridized carbons (Fsp3) is 0.0833. The molecule has 0 atom stereocenters. The van der Waals surface area contributed by atoms with Crippen LogP contribution >= 0.6 is 27.3 Å². The molecule has 0 bridgehead atoms. The minimum atomic E-state index is -3.71. The highest BCUT2D eigenvalue weighted by Gasteiger charge is 2.19. The number of carboxylic acid groups (broad SMARTS) is 1. The molecule has 1 aromatic heterocycles. The molecule has 20 heavy (non-hydrogen) atoms. The molecule has 0 spiro atoms. The number of benzene rings is 1. The van der Waals surface area contributed by atoms with Gasteiger partial charge in [0.25, 0.3) is 10.0 Å². The maximum atomic E-state index is 12.2. The molecule has 2 aromatic rings. The van der Waals surface area contributed by atoms with E-state index < -0.39 is 16.0 Å². The summed E-state index contributed by atoms with van der Waals surface area (Å²) in [4.78, 5) is 11.0. The van der Waals surface area contributed by atoms with E-state index in [-0.39, 0.29) is 15.5 Å². The molecule has 2 rings (SSSR count). The lowest BCUT2D eigenvalue weighted by atomic mass is 10.1. The van der Waals surface area contributed by atoms with Gasteiger partial charge in [0.15, 0.2) is 0 Å². The van der Waals surface area contributed by atoms with Gasteiger partial charge in [-0.15, -0.1) is 11.3 Å². The topological polar surface area (TPSA) is 83.5 Å². The minimum absolute atomic E-state index is 0.0672. The number of hydrogen-bond acceptors (Lipinski definition) is 4. The molecular weight excluding hydrogens is 366 g/mol. The number of anilines is 1. The Bertz CT molecular complexity index is 768. The monoisotopic (exact) mass is 375 g/mol. The summed E-state index contributed by atoms with van der Waals surface area (Å²) in [5, 5.41) is 9.03. The van der Waals surface area contributed by atoms with Crippen LogP contribution in [0.1, 0.15) is 15.9 Å². The van der Waals surface area contributed by atoms with Gasteiger partial charge in [0.1, 0.15) is 4.21 Å². The molecular formula is C12H10BrNO4S2. The van der Waals surface area contributed by atoms with Crippen molar-refractivity contribution in [2.75, 3.05) is 4.72 Å². The number of hydrogen-bond donors (Lipinski definition) is 2. The van der Waals surface area contributed by atoms with E-state index in [0.29, 0.717) is 9.35 Å². The quantitative estimate of drug-likeness (QED) is 0.858. The first-order valence-electron chi connectivity index (χ1n) is 5.42. The first kappa shape index (κ1) is 15.0. The molecule has 8 heteroatoms. The number of halogens is 1. The van der Waals surface area contributed by atoms with Crippen molar-refractivity contribution in [1.82, 2.24) is 0 Å². The average Bonchev–Trinajstić information content (AvgIpc) is 2.79. The van der Waals surface area contributed by atoms with Gasteiger partial charge in [-0.2, -0.15) is 0 Å².